The van der Waals surface area contributed by atoms with Crippen LogP contribution in [0.5, 0.6) is 0 Å². The minimum Gasteiger partial charge on any atom is -0.355 e. The van der Waals surface area contributed by atoms with Crippen LogP contribution in [0, 0.1) is 18.3 Å². The SMILES string of the molecule is Cc1ccc(C#N)c(N2CCC[C@@H](c3nccn3Cc3cccnc3)C2)n1. The molecule has 3 aromatic rings. The summed E-state index contributed by atoms with van der Waals surface area (Å²) in [4.78, 5) is 15.7. The van der Waals surface area contributed by atoms with E-state index in [1.807, 2.05) is 43.7 Å². The van der Waals surface area contributed by atoms with Crippen molar-refractivity contribution in [3.8, 4) is 6.07 Å². The molecule has 1 fully saturated rings. The summed E-state index contributed by atoms with van der Waals surface area (Å²) in [6, 6.07) is 10.1. The zero-order valence-corrected chi connectivity index (χ0v) is 15.4. The highest BCUT2D eigenvalue weighted by atomic mass is 15.2. The topological polar surface area (TPSA) is 70.6 Å². The van der Waals surface area contributed by atoms with Crippen LogP contribution >= 0.6 is 0 Å². The van der Waals surface area contributed by atoms with Gasteiger partial charge in [0.2, 0.25) is 0 Å². The molecule has 1 saturated heterocycles. The number of aryl methyl sites for hydroxylation is 1. The van der Waals surface area contributed by atoms with E-state index in [2.05, 4.69) is 36.6 Å². The largest absolute Gasteiger partial charge is 0.355 e. The Labute approximate surface area is 159 Å². The van der Waals surface area contributed by atoms with Gasteiger partial charge in [-0.1, -0.05) is 6.07 Å². The van der Waals surface area contributed by atoms with Crippen LogP contribution < -0.4 is 4.90 Å². The Morgan fingerprint density at radius 2 is 2.19 bits per heavy atom. The van der Waals surface area contributed by atoms with Crippen molar-refractivity contribution in [1.82, 2.24) is 19.5 Å². The summed E-state index contributed by atoms with van der Waals surface area (Å²) >= 11 is 0. The molecule has 0 aliphatic carbocycles. The molecule has 6 heteroatoms. The van der Waals surface area contributed by atoms with Crippen molar-refractivity contribution in [3.63, 3.8) is 0 Å². The van der Waals surface area contributed by atoms with Crippen LogP contribution in [-0.2, 0) is 6.54 Å². The Hall–Kier alpha value is -3.20. The second kappa shape index (κ2) is 7.58. The summed E-state index contributed by atoms with van der Waals surface area (Å²) in [6.45, 7) is 4.48. The van der Waals surface area contributed by atoms with E-state index in [9.17, 15) is 5.26 Å². The highest BCUT2D eigenvalue weighted by Gasteiger charge is 2.27. The van der Waals surface area contributed by atoms with Crippen LogP contribution in [-0.4, -0.2) is 32.6 Å². The molecule has 0 aromatic carbocycles. The third kappa shape index (κ3) is 3.68. The van der Waals surface area contributed by atoms with Crippen LogP contribution in [0.4, 0.5) is 5.82 Å². The van der Waals surface area contributed by atoms with Gasteiger partial charge in [-0.2, -0.15) is 5.26 Å². The number of imidazole rings is 1. The van der Waals surface area contributed by atoms with Gasteiger partial charge in [-0.05, 0) is 43.5 Å². The van der Waals surface area contributed by atoms with Gasteiger partial charge in [0.05, 0.1) is 12.1 Å². The molecule has 0 amide bonds. The molecule has 1 aliphatic rings. The Bertz CT molecular complexity index is 956. The fourth-order valence-electron chi connectivity index (χ4n) is 3.75. The lowest BCUT2D eigenvalue weighted by molar-refractivity contribution is 0.473. The van der Waals surface area contributed by atoms with Gasteiger partial charge in [-0.15, -0.1) is 0 Å². The minimum absolute atomic E-state index is 0.319. The van der Waals surface area contributed by atoms with E-state index in [1.54, 1.807) is 6.20 Å². The van der Waals surface area contributed by atoms with Gasteiger partial charge in [-0.3, -0.25) is 4.98 Å². The molecular formula is C21H22N6. The molecule has 0 bridgehead atoms. The first kappa shape index (κ1) is 17.2. The number of nitrogens with zero attached hydrogens (tertiary/aromatic N) is 6. The highest BCUT2D eigenvalue weighted by Crippen LogP contribution is 2.30. The molecule has 0 N–H and O–H groups in total. The molecule has 0 saturated carbocycles. The summed E-state index contributed by atoms with van der Waals surface area (Å²) in [7, 11) is 0. The van der Waals surface area contributed by atoms with Crippen molar-refractivity contribution in [2.75, 3.05) is 18.0 Å². The van der Waals surface area contributed by atoms with E-state index in [4.69, 9.17) is 0 Å². The van der Waals surface area contributed by atoms with E-state index >= 15 is 0 Å². The Morgan fingerprint density at radius 1 is 1.26 bits per heavy atom. The quantitative estimate of drug-likeness (QED) is 0.716. The molecule has 0 radical (unpaired) electrons. The predicted octanol–water partition coefficient (Wildman–Crippen LogP) is 3.29. The van der Waals surface area contributed by atoms with Gasteiger partial charge in [0.15, 0.2) is 0 Å². The van der Waals surface area contributed by atoms with Crippen molar-refractivity contribution in [2.45, 2.75) is 32.2 Å². The van der Waals surface area contributed by atoms with Crippen LogP contribution in [0.15, 0.2) is 49.1 Å². The number of pyridine rings is 2. The number of rotatable bonds is 4. The Kier molecular flexibility index (Phi) is 4.84. The Morgan fingerprint density at radius 3 is 3.00 bits per heavy atom. The lowest BCUT2D eigenvalue weighted by Crippen LogP contribution is -2.36. The molecule has 4 heterocycles. The first-order valence-electron chi connectivity index (χ1n) is 9.27. The van der Waals surface area contributed by atoms with Gasteiger partial charge >= 0.3 is 0 Å². The van der Waals surface area contributed by atoms with Crippen molar-refractivity contribution in [1.29, 1.82) is 5.26 Å². The normalized spacial score (nSPS) is 16.9. The molecular weight excluding hydrogens is 336 g/mol. The van der Waals surface area contributed by atoms with Gasteiger partial charge < -0.3 is 9.47 Å². The summed E-state index contributed by atoms with van der Waals surface area (Å²) in [5.41, 5.74) is 2.74. The van der Waals surface area contributed by atoms with Crippen molar-refractivity contribution in [3.05, 3.63) is 71.7 Å². The maximum absolute atomic E-state index is 9.46. The second-order valence-corrected chi connectivity index (χ2v) is 7.00. The average molecular weight is 358 g/mol. The number of piperidine rings is 1. The maximum Gasteiger partial charge on any atom is 0.146 e. The summed E-state index contributed by atoms with van der Waals surface area (Å²) < 4.78 is 2.21. The lowest BCUT2D eigenvalue weighted by Gasteiger charge is -2.34. The molecule has 6 nitrogen and oxygen atoms in total. The third-order valence-electron chi connectivity index (χ3n) is 5.04. The molecule has 0 unspecified atom stereocenters. The first-order valence-corrected chi connectivity index (χ1v) is 9.27. The van der Waals surface area contributed by atoms with Crippen molar-refractivity contribution < 1.29 is 0 Å². The molecule has 1 atom stereocenters. The first-order chi connectivity index (χ1) is 13.2. The van der Waals surface area contributed by atoms with E-state index in [0.29, 0.717) is 11.5 Å². The van der Waals surface area contributed by atoms with Crippen LogP contribution in [0.3, 0.4) is 0 Å². The van der Waals surface area contributed by atoms with Crippen molar-refractivity contribution in [2.24, 2.45) is 0 Å². The number of hydrogen-bond donors (Lipinski definition) is 0. The second-order valence-electron chi connectivity index (χ2n) is 7.00. The van der Waals surface area contributed by atoms with Crippen LogP contribution in [0.25, 0.3) is 0 Å². The van der Waals surface area contributed by atoms with Crippen molar-refractivity contribution >= 4 is 5.82 Å². The number of hydrogen-bond acceptors (Lipinski definition) is 5. The minimum atomic E-state index is 0.319. The predicted molar refractivity (Wildman–Crippen MR) is 103 cm³/mol. The smallest absolute Gasteiger partial charge is 0.146 e. The highest BCUT2D eigenvalue weighted by molar-refractivity contribution is 5.54. The van der Waals surface area contributed by atoms with Gasteiger partial charge in [0, 0.05) is 49.5 Å². The van der Waals surface area contributed by atoms with Gasteiger partial charge in [0.25, 0.3) is 0 Å². The third-order valence-corrected chi connectivity index (χ3v) is 5.04. The number of nitriles is 1. The van der Waals surface area contributed by atoms with E-state index in [-0.39, 0.29) is 0 Å². The number of aromatic nitrogens is 4. The van der Waals surface area contributed by atoms with E-state index in [0.717, 1.165) is 55.4 Å². The molecule has 27 heavy (non-hydrogen) atoms. The summed E-state index contributed by atoms with van der Waals surface area (Å²) in [5, 5.41) is 9.46. The average Bonchev–Trinajstić information content (AvgIpc) is 3.17. The summed E-state index contributed by atoms with van der Waals surface area (Å²) in [5.74, 6) is 2.21. The summed E-state index contributed by atoms with van der Waals surface area (Å²) in [6.07, 6.45) is 9.74. The molecule has 0 spiro atoms. The molecule has 136 valence electrons. The molecule has 3 aromatic heterocycles. The fraction of sp³-hybridized carbons (Fsp3) is 0.333. The standard InChI is InChI=1S/C21H22N6/c1-16-6-7-18(12-22)21(25-16)26-10-3-5-19(15-26)20-24-9-11-27(20)14-17-4-2-8-23-13-17/h2,4,6-9,11,13,19H,3,5,10,14-15H2,1H3/t19-/m1/s1. The maximum atomic E-state index is 9.46. The number of anilines is 1. The van der Waals surface area contributed by atoms with Crippen LogP contribution in [0.1, 0.15) is 41.4 Å². The zero-order valence-electron chi connectivity index (χ0n) is 15.4. The van der Waals surface area contributed by atoms with Gasteiger partial charge in [-0.25, -0.2) is 9.97 Å². The van der Waals surface area contributed by atoms with E-state index in [1.165, 1.54) is 0 Å². The Balaban J connectivity index is 1.57. The fourth-order valence-corrected chi connectivity index (χ4v) is 3.75. The molecule has 4 rings (SSSR count). The van der Waals surface area contributed by atoms with E-state index < -0.39 is 0 Å². The molecule has 1 aliphatic heterocycles. The van der Waals surface area contributed by atoms with Crippen LogP contribution in [0.2, 0.25) is 0 Å². The van der Waals surface area contributed by atoms with Gasteiger partial charge in [0.1, 0.15) is 17.7 Å². The lowest BCUT2D eigenvalue weighted by atomic mass is 9.96. The zero-order chi connectivity index (χ0) is 18.6. The monoisotopic (exact) mass is 358 g/mol.